The maximum atomic E-state index is 11.7. The molecular weight excluding hydrogens is 292 g/mol. The van der Waals surface area contributed by atoms with Crippen molar-refractivity contribution in [2.24, 2.45) is 0 Å². The molecule has 0 N–H and O–H groups in total. The molecule has 0 fully saturated rings. The van der Waals surface area contributed by atoms with Crippen LogP contribution in [-0.2, 0) is 15.6 Å². The van der Waals surface area contributed by atoms with Crippen molar-refractivity contribution in [3.8, 4) is 0 Å². The van der Waals surface area contributed by atoms with Gasteiger partial charge < -0.3 is 9.32 Å². The normalized spacial score (nSPS) is 12.4. The summed E-state index contributed by atoms with van der Waals surface area (Å²) in [7, 11) is 5.22. The van der Waals surface area contributed by atoms with E-state index in [4.69, 9.17) is 15.1 Å². The second-order valence-corrected chi connectivity index (χ2v) is 6.96. The van der Waals surface area contributed by atoms with Gasteiger partial charge in [0, 0.05) is 23.8 Å². The van der Waals surface area contributed by atoms with E-state index in [1.54, 1.807) is 0 Å². The molecule has 0 saturated carbocycles. The van der Waals surface area contributed by atoms with Gasteiger partial charge in [-0.15, -0.1) is 0 Å². The van der Waals surface area contributed by atoms with Crippen molar-refractivity contribution < 1.29 is 12.8 Å². The first kappa shape index (κ1) is 14.1. The Kier molecular flexibility index (Phi) is 3.71. The van der Waals surface area contributed by atoms with Crippen LogP contribution in [0.3, 0.4) is 0 Å². The number of fused-ring (bicyclic) bond motifs is 1. The van der Waals surface area contributed by atoms with Gasteiger partial charge in [0.25, 0.3) is 9.05 Å². The Hall–Kier alpha value is -1.31. The lowest BCUT2D eigenvalue weighted by Gasteiger charge is -2.09. The van der Waals surface area contributed by atoms with Crippen LogP contribution in [0.15, 0.2) is 32.3 Å². The van der Waals surface area contributed by atoms with E-state index in [1.165, 1.54) is 22.8 Å². The standard InChI is InChI=1S/C11H13ClN2O4S/c1-13(2)5-6-14-9-7-8(19(12,16)17)3-4-10(9)18-11(14)15/h3-4,7H,5-6H2,1-2H3. The highest BCUT2D eigenvalue weighted by molar-refractivity contribution is 8.13. The summed E-state index contributed by atoms with van der Waals surface area (Å²) in [6.45, 7) is 1.04. The molecule has 1 aromatic carbocycles. The molecule has 0 unspecified atom stereocenters. The summed E-state index contributed by atoms with van der Waals surface area (Å²) in [4.78, 5) is 13.6. The van der Waals surface area contributed by atoms with Crippen LogP contribution >= 0.6 is 10.7 Å². The van der Waals surface area contributed by atoms with Gasteiger partial charge in [0.2, 0.25) is 0 Å². The summed E-state index contributed by atoms with van der Waals surface area (Å²) in [6, 6.07) is 4.08. The molecule has 2 rings (SSSR count). The number of hydrogen-bond acceptors (Lipinski definition) is 5. The van der Waals surface area contributed by atoms with Crippen LogP contribution < -0.4 is 5.76 Å². The number of hydrogen-bond donors (Lipinski definition) is 0. The van der Waals surface area contributed by atoms with E-state index in [9.17, 15) is 13.2 Å². The molecule has 0 aliphatic rings. The summed E-state index contributed by atoms with van der Waals surface area (Å²) >= 11 is 0. The average molecular weight is 305 g/mol. The SMILES string of the molecule is CN(C)CCn1c(=O)oc2ccc(S(=O)(=O)Cl)cc21. The van der Waals surface area contributed by atoms with Crippen molar-refractivity contribution in [1.29, 1.82) is 0 Å². The minimum absolute atomic E-state index is 0.0546. The van der Waals surface area contributed by atoms with Crippen LogP contribution in [0, 0.1) is 0 Å². The first-order valence-corrected chi connectivity index (χ1v) is 7.83. The van der Waals surface area contributed by atoms with E-state index in [2.05, 4.69) is 0 Å². The highest BCUT2D eigenvalue weighted by atomic mass is 35.7. The van der Waals surface area contributed by atoms with Gasteiger partial charge in [-0.2, -0.15) is 0 Å². The Bertz CT molecular complexity index is 761. The van der Waals surface area contributed by atoms with Crippen LogP contribution in [0.25, 0.3) is 11.1 Å². The molecule has 1 heterocycles. The molecule has 0 radical (unpaired) electrons. The lowest BCUT2D eigenvalue weighted by atomic mass is 10.3. The van der Waals surface area contributed by atoms with E-state index < -0.39 is 14.8 Å². The van der Waals surface area contributed by atoms with Gasteiger partial charge in [0.15, 0.2) is 5.58 Å². The maximum Gasteiger partial charge on any atom is 0.419 e. The summed E-state index contributed by atoms with van der Waals surface area (Å²) < 4.78 is 29.0. The van der Waals surface area contributed by atoms with E-state index >= 15 is 0 Å². The number of nitrogens with zero attached hydrogens (tertiary/aromatic N) is 2. The van der Waals surface area contributed by atoms with Crippen molar-refractivity contribution in [1.82, 2.24) is 9.47 Å². The Morgan fingerprint density at radius 3 is 2.63 bits per heavy atom. The third kappa shape index (κ3) is 2.99. The predicted molar refractivity (Wildman–Crippen MR) is 72.1 cm³/mol. The minimum Gasteiger partial charge on any atom is -0.408 e. The fourth-order valence-electron chi connectivity index (χ4n) is 1.71. The molecular formula is C11H13ClN2O4S. The smallest absolute Gasteiger partial charge is 0.408 e. The van der Waals surface area contributed by atoms with Gasteiger partial charge in [-0.1, -0.05) is 0 Å². The average Bonchev–Trinajstić information content (AvgIpc) is 2.59. The summed E-state index contributed by atoms with van der Waals surface area (Å²) in [5.74, 6) is -0.513. The molecule has 0 saturated heterocycles. The van der Waals surface area contributed by atoms with Crippen molar-refractivity contribution >= 4 is 30.8 Å². The van der Waals surface area contributed by atoms with Gasteiger partial charge in [-0.3, -0.25) is 4.57 Å². The lowest BCUT2D eigenvalue weighted by molar-refractivity contribution is 0.374. The number of halogens is 1. The van der Waals surface area contributed by atoms with Gasteiger partial charge >= 0.3 is 5.76 Å². The summed E-state index contributed by atoms with van der Waals surface area (Å²) in [5, 5.41) is 0. The number of likely N-dealkylation sites (N-methyl/N-ethyl adjacent to an activating group) is 1. The molecule has 6 nitrogen and oxygen atoms in total. The molecule has 0 spiro atoms. The fourth-order valence-corrected chi connectivity index (χ4v) is 2.48. The quantitative estimate of drug-likeness (QED) is 0.791. The van der Waals surface area contributed by atoms with Crippen molar-refractivity contribution in [3.05, 3.63) is 28.7 Å². The van der Waals surface area contributed by atoms with Crippen LogP contribution in [0.5, 0.6) is 0 Å². The third-order valence-electron chi connectivity index (χ3n) is 2.69. The third-order valence-corrected chi connectivity index (χ3v) is 4.04. The van der Waals surface area contributed by atoms with Crippen LogP contribution in [0.2, 0.25) is 0 Å². The molecule has 19 heavy (non-hydrogen) atoms. The summed E-state index contributed by atoms with van der Waals surface area (Å²) in [6.07, 6.45) is 0. The van der Waals surface area contributed by atoms with Crippen molar-refractivity contribution in [2.75, 3.05) is 20.6 Å². The number of aromatic nitrogens is 1. The molecule has 104 valence electrons. The highest BCUT2D eigenvalue weighted by Gasteiger charge is 2.15. The minimum atomic E-state index is -3.83. The molecule has 2 aromatic rings. The number of rotatable bonds is 4. The Labute approximate surface area is 114 Å². The van der Waals surface area contributed by atoms with Crippen LogP contribution in [-0.4, -0.2) is 38.5 Å². The molecule has 0 amide bonds. The Morgan fingerprint density at radius 2 is 2.05 bits per heavy atom. The van der Waals surface area contributed by atoms with Crippen LogP contribution in [0.4, 0.5) is 0 Å². The monoisotopic (exact) mass is 304 g/mol. The zero-order valence-corrected chi connectivity index (χ0v) is 12.0. The molecule has 0 bridgehead atoms. The molecule has 0 aliphatic heterocycles. The first-order chi connectivity index (χ1) is 8.79. The molecule has 0 atom stereocenters. The fraction of sp³-hybridized carbons (Fsp3) is 0.364. The topological polar surface area (TPSA) is 72.5 Å². The van der Waals surface area contributed by atoms with Gasteiger partial charge in [0.1, 0.15) is 0 Å². The van der Waals surface area contributed by atoms with Gasteiger partial charge in [0.05, 0.1) is 10.4 Å². The number of benzene rings is 1. The second-order valence-electron chi connectivity index (χ2n) is 4.39. The lowest BCUT2D eigenvalue weighted by Crippen LogP contribution is -2.23. The number of oxazole rings is 1. The second kappa shape index (κ2) is 4.99. The molecule has 8 heteroatoms. The van der Waals surface area contributed by atoms with Gasteiger partial charge in [-0.25, -0.2) is 13.2 Å². The first-order valence-electron chi connectivity index (χ1n) is 5.52. The Balaban J connectivity index is 2.57. The highest BCUT2D eigenvalue weighted by Crippen LogP contribution is 2.21. The van der Waals surface area contributed by atoms with E-state index in [1.807, 2.05) is 19.0 Å². The molecule has 1 aromatic heterocycles. The zero-order chi connectivity index (χ0) is 14.2. The van der Waals surface area contributed by atoms with Gasteiger partial charge in [-0.05, 0) is 32.3 Å². The Morgan fingerprint density at radius 1 is 1.37 bits per heavy atom. The van der Waals surface area contributed by atoms with E-state index in [0.717, 1.165) is 0 Å². The predicted octanol–water partition coefficient (Wildman–Crippen LogP) is 1.08. The summed E-state index contributed by atoms with van der Waals surface area (Å²) in [5.41, 5.74) is 0.765. The zero-order valence-electron chi connectivity index (χ0n) is 10.5. The van der Waals surface area contributed by atoms with Crippen molar-refractivity contribution in [3.63, 3.8) is 0 Å². The molecule has 0 aliphatic carbocycles. The van der Waals surface area contributed by atoms with Crippen LogP contribution in [0.1, 0.15) is 0 Å². The van der Waals surface area contributed by atoms with Crippen molar-refractivity contribution in [2.45, 2.75) is 11.4 Å². The van der Waals surface area contributed by atoms with E-state index in [0.29, 0.717) is 24.2 Å². The van der Waals surface area contributed by atoms with E-state index in [-0.39, 0.29) is 4.90 Å². The maximum absolute atomic E-state index is 11.7. The largest absolute Gasteiger partial charge is 0.419 e.